The first-order valence-electron chi connectivity index (χ1n) is 13.2. The summed E-state index contributed by atoms with van der Waals surface area (Å²) in [7, 11) is 0. The molecule has 4 rings (SSSR count). The number of amides is 3. The average Bonchev–Trinajstić information content (AvgIpc) is 3.50. The Morgan fingerprint density at radius 1 is 0.927 bits per heavy atom. The van der Waals surface area contributed by atoms with Crippen molar-refractivity contribution in [3.05, 3.63) is 113 Å². The number of hydrogen-bond donors (Lipinski definition) is 3. The van der Waals surface area contributed by atoms with Gasteiger partial charge in [0.05, 0.1) is 17.5 Å². The molecule has 9 heteroatoms. The second-order valence-electron chi connectivity index (χ2n) is 8.85. The molecule has 0 aliphatic rings. The lowest BCUT2D eigenvalue weighted by molar-refractivity contribution is -0.116. The molecule has 1 heterocycles. The fourth-order valence-electron chi connectivity index (χ4n) is 3.86. The zero-order chi connectivity index (χ0) is 29.0. The molecule has 0 spiro atoms. The molecule has 0 saturated heterocycles. The molecule has 0 saturated carbocycles. The Morgan fingerprint density at radius 3 is 2.44 bits per heavy atom. The molecule has 3 amide bonds. The van der Waals surface area contributed by atoms with Gasteiger partial charge in [0.2, 0.25) is 5.91 Å². The van der Waals surface area contributed by atoms with Gasteiger partial charge >= 0.3 is 0 Å². The Labute approximate surface area is 248 Å². The van der Waals surface area contributed by atoms with E-state index in [9.17, 15) is 14.4 Å². The van der Waals surface area contributed by atoms with E-state index >= 15 is 0 Å². The van der Waals surface area contributed by atoms with Gasteiger partial charge in [0.1, 0.15) is 11.4 Å². The summed E-state index contributed by atoms with van der Waals surface area (Å²) in [4.78, 5) is 40.1. The zero-order valence-corrected chi connectivity index (χ0v) is 24.4. The maximum atomic E-state index is 13.3. The van der Waals surface area contributed by atoms with Crippen LogP contribution < -0.4 is 20.7 Å². The van der Waals surface area contributed by atoms with E-state index in [4.69, 9.17) is 4.74 Å². The summed E-state index contributed by atoms with van der Waals surface area (Å²) in [6, 6.07) is 25.2. The fraction of sp³-hybridized carbons (Fsp3) is 0.156. The van der Waals surface area contributed by atoms with E-state index in [-0.39, 0.29) is 22.8 Å². The van der Waals surface area contributed by atoms with E-state index in [1.807, 2.05) is 79.2 Å². The molecule has 41 heavy (non-hydrogen) atoms. The van der Waals surface area contributed by atoms with Crippen LogP contribution in [0.25, 0.3) is 6.08 Å². The Hall–Kier alpha value is -4.34. The van der Waals surface area contributed by atoms with Crippen molar-refractivity contribution in [1.82, 2.24) is 5.32 Å². The van der Waals surface area contributed by atoms with E-state index in [1.54, 1.807) is 36.4 Å². The van der Waals surface area contributed by atoms with Crippen molar-refractivity contribution in [2.75, 3.05) is 17.2 Å². The van der Waals surface area contributed by atoms with E-state index < -0.39 is 5.91 Å². The molecule has 210 valence electrons. The van der Waals surface area contributed by atoms with Crippen LogP contribution in [0.3, 0.4) is 0 Å². The number of para-hydroxylation sites is 2. The summed E-state index contributed by atoms with van der Waals surface area (Å²) in [5, 5.41) is 12.0. The molecule has 3 N–H and O–H groups in total. The lowest BCUT2D eigenvalue weighted by Gasteiger charge is -2.17. The quantitative estimate of drug-likeness (QED) is 0.122. The Balaban J connectivity index is 1.46. The molecule has 4 aromatic rings. The normalized spacial score (nSPS) is 11.8. The molecule has 1 unspecified atom stereocenters. The third-order valence-electron chi connectivity index (χ3n) is 5.86. The van der Waals surface area contributed by atoms with Gasteiger partial charge in [-0.2, -0.15) is 11.3 Å². The van der Waals surface area contributed by atoms with Crippen LogP contribution >= 0.6 is 23.1 Å². The van der Waals surface area contributed by atoms with Gasteiger partial charge in [0.25, 0.3) is 11.8 Å². The highest BCUT2D eigenvalue weighted by molar-refractivity contribution is 8.00. The minimum absolute atomic E-state index is 0.120. The second-order valence-corrected chi connectivity index (χ2v) is 10.9. The fourth-order valence-corrected chi connectivity index (χ4v) is 5.49. The molecule has 1 aromatic heterocycles. The largest absolute Gasteiger partial charge is 0.492 e. The number of ether oxygens (including phenoxy) is 1. The van der Waals surface area contributed by atoms with Gasteiger partial charge < -0.3 is 20.7 Å². The maximum absolute atomic E-state index is 13.3. The molecule has 1 atom stereocenters. The summed E-state index contributed by atoms with van der Waals surface area (Å²) in [5.74, 6) is -0.350. The molecule has 0 aliphatic heterocycles. The minimum atomic E-state index is -0.458. The Morgan fingerprint density at radius 2 is 1.71 bits per heavy atom. The molecule has 3 aromatic carbocycles. The third kappa shape index (κ3) is 8.57. The van der Waals surface area contributed by atoms with Gasteiger partial charge in [0.15, 0.2) is 0 Å². The molecule has 0 aliphatic carbocycles. The molecule has 7 nitrogen and oxygen atoms in total. The van der Waals surface area contributed by atoms with E-state index in [1.165, 1.54) is 23.1 Å². The SMILES string of the molecule is CCOc1ccccc1NC(=O)C(CC)Sc1cccc(NC(=O)/C(=C/c2ccsc2)NC(=O)c2ccccc2)c1. The van der Waals surface area contributed by atoms with Gasteiger partial charge in [-0.25, -0.2) is 0 Å². The van der Waals surface area contributed by atoms with Gasteiger partial charge in [0, 0.05) is 16.1 Å². The first-order valence-corrected chi connectivity index (χ1v) is 15.0. The number of benzene rings is 3. The molecule has 0 bridgehead atoms. The monoisotopic (exact) mass is 585 g/mol. The highest BCUT2D eigenvalue weighted by Crippen LogP contribution is 2.30. The smallest absolute Gasteiger partial charge is 0.272 e. The number of rotatable bonds is 12. The van der Waals surface area contributed by atoms with Gasteiger partial charge in [-0.05, 0) is 84.3 Å². The number of anilines is 2. The topological polar surface area (TPSA) is 96.5 Å². The van der Waals surface area contributed by atoms with Crippen molar-refractivity contribution in [1.29, 1.82) is 0 Å². The predicted octanol–water partition coefficient (Wildman–Crippen LogP) is 7.07. The van der Waals surface area contributed by atoms with Crippen molar-refractivity contribution in [2.45, 2.75) is 30.4 Å². The van der Waals surface area contributed by atoms with E-state index in [2.05, 4.69) is 16.0 Å². The van der Waals surface area contributed by atoms with Crippen LogP contribution in [-0.2, 0) is 9.59 Å². The van der Waals surface area contributed by atoms with Crippen LogP contribution in [0.1, 0.15) is 36.2 Å². The van der Waals surface area contributed by atoms with Crippen molar-refractivity contribution >= 4 is 58.3 Å². The standard InChI is InChI=1S/C32H31N3O4S2/c1-3-29(32(38)34-26-15-8-9-16-28(26)39-4-2)41-25-14-10-13-24(20-25)33-31(37)27(19-22-17-18-40-21-22)35-30(36)23-11-6-5-7-12-23/h5-21,29H,3-4H2,1-2H3,(H,33,37)(H,34,38)(H,35,36)/b27-19-. The van der Waals surface area contributed by atoms with Crippen LogP contribution in [0.4, 0.5) is 11.4 Å². The summed E-state index contributed by atoms with van der Waals surface area (Å²) in [6.07, 6.45) is 2.24. The summed E-state index contributed by atoms with van der Waals surface area (Å²) in [6.45, 7) is 4.35. The highest BCUT2D eigenvalue weighted by atomic mass is 32.2. The Kier molecular flexibility index (Phi) is 10.8. The number of carbonyl (C=O) groups is 3. The van der Waals surface area contributed by atoms with E-state index in [0.29, 0.717) is 35.7 Å². The lowest BCUT2D eigenvalue weighted by atomic mass is 10.2. The predicted molar refractivity (Wildman–Crippen MR) is 167 cm³/mol. The summed E-state index contributed by atoms with van der Waals surface area (Å²) < 4.78 is 5.63. The minimum Gasteiger partial charge on any atom is -0.492 e. The second kappa shape index (κ2) is 14.9. The number of hydrogen-bond acceptors (Lipinski definition) is 6. The number of carbonyl (C=O) groups excluding carboxylic acids is 3. The highest BCUT2D eigenvalue weighted by Gasteiger charge is 2.20. The summed E-state index contributed by atoms with van der Waals surface area (Å²) >= 11 is 2.91. The molecule has 0 radical (unpaired) electrons. The average molecular weight is 586 g/mol. The van der Waals surface area contributed by atoms with Gasteiger partial charge in [-0.1, -0.05) is 43.3 Å². The van der Waals surface area contributed by atoms with Crippen LogP contribution in [0.5, 0.6) is 5.75 Å². The van der Waals surface area contributed by atoms with Gasteiger partial charge in [-0.15, -0.1) is 11.8 Å². The first-order chi connectivity index (χ1) is 20.0. The summed E-state index contributed by atoms with van der Waals surface area (Å²) in [5.41, 5.74) is 2.54. The molecule has 0 fully saturated rings. The number of thioether (sulfide) groups is 1. The van der Waals surface area contributed by atoms with Crippen LogP contribution in [-0.4, -0.2) is 29.6 Å². The van der Waals surface area contributed by atoms with E-state index in [0.717, 1.165) is 10.5 Å². The van der Waals surface area contributed by atoms with Crippen LogP contribution in [0.15, 0.2) is 106 Å². The molecular formula is C32H31N3O4S2. The van der Waals surface area contributed by atoms with Crippen LogP contribution in [0, 0.1) is 0 Å². The van der Waals surface area contributed by atoms with Gasteiger partial charge in [-0.3, -0.25) is 14.4 Å². The van der Waals surface area contributed by atoms with Crippen molar-refractivity contribution in [3.8, 4) is 5.75 Å². The molecular weight excluding hydrogens is 555 g/mol. The maximum Gasteiger partial charge on any atom is 0.272 e. The number of nitrogens with one attached hydrogen (secondary N) is 3. The zero-order valence-electron chi connectivity index (χ0n) is 22.8. The van der Waals surface area contributed by atoms with Crippen molar-refractivity contribution in [3.63, 3.8) is 0 Å². The third-order valence-corrected chi connectivity index (χ3v) is 7.92. The van der Waals surface area contributed by atoms with Crippen molar-refractivity contribution in [2.24, 2.45) is 0 Å². The first kappa shape index (κ1) is 29.6. The Bertz CT molecular complexity index is 1500. The van der Waals surface area contributed by atoms with Crippen molar-refractivity contribution < 1.29 is 19.1 Å². The van der Waals surface area contributed by atoms with Crippen LogP contribution in [0.2, 0.25) is 0 Å². The number of thiophene rings is 1. The lowest BCUT2D eigenvalue weighted by Crippen LogP contribution is -2.30.